The maximum absolute atomic E-state index is 2.43. The Morgan fingerprint density at radius 1 is 0.267 bits per heavy atom. The minimum atomic E-state index is 1.10. The van der Waals surface area contributed by atoms with E-state index in [1.165, 1.54) is 86.6 Å². The fraction of sp³-hybridized carbons (Fsp3) is 0. The summed E-state index contributed by atoms with van der Waals surface area (Å²) < 4.78 is 2.58. The molecule has 0 aliphatic heterocycles. The van der Waals surface area contributed by atoms with Gasteiger partial charge < -0.3 is 4.90 Å². The summed E-state index contributed by atoms with van der Waals surface area (Å²) >= 11 is 1.86. The molecule has 10 aromatic carbocycles. The van der Waals surface area contributed by atoms with Crippen molar-refractivity contribution in [1.82, 2.24) is 0 Å². The van der Waals surface area contributed by atoms with Crippen molar-refractivity contribution < 1.29 is 0 Å². The molecule has 1 nitrogen and oxygen atoms in total. The van der Waals surface area contributed by atoms with Crippen LogP contribution in [-0.2, 0) is 0 Å². The Kier molecular flexibility index (Phi) is 9.11. The van der Waals surface area contributed by atoms with Crippen molar-refractivity contribution in [2.45, 2.75) is 0 Å². The van der Waals surface area contributed by atoms with E-state index < -0.39 is 0 Å². The van der Waals surface area contributed by atoms with Gasteiger partial charge in [-0.15, -0.1) is 11.3 Å². The molecule has 11 rings (SSSR count). The zero-order valence-corrected chi connectivity index (χ0v) is 33.7. The number of hydrogen-bond donors (Lipinski definition) is 0. The zero-order valence-electron chi connectivity index (χ0n) is 32.9. The summed E-state index contributed by atoms with van der Waals surface area (Å²) in [4.78, 5) is 2.43. The molecule has 0 aliphatic rings. The molecule has 60 heavy (non-hydrogen) atoms. The average Bonchev–Trinajstić information content (AvgIpc) is 3.70. The predicted molar refractivity (Wildman–Crippen MR) is 259 cm³/mol. The SMILES string of the molecule is c1ccc(-c2ccccc2-c2ccccc2N(c2ccc(-c3ccc(-c4cccc(-c5ccc6ccccc6c5)c4)cc3)cc2)c2ccc3c(c2)sc2ccccc23)cc1. The number of hydrogen-bond acceptors (Lipinski definition) is 2. The molecule has 1 aromatic heterocycles. The van der Waals surface area contributed by atoms with Crippen molar-refractivity contribution >= 4 is 59.3 Å². The third-order valence-corrected chi connectivity index (χ3v) is 12.8. The normalized spacial score (nSPS) is 11.3. The van der Waals surface area contributed by atoms with Crippen LogP contribution in [0.5, 0.6) is 0 Å². The van der Waals surface area contributed by atoms with Crippen LogP contribution in [0, 0.1) is 0 Å². The van der Waals surface area contributed by atoms with Gasteiger partial charge in [0.25, 0.3) is 0 Å². The molecule has 2 heteroatoms. The zero-order chi connectivity index (χ0) is 39.8. The highest BCUT2D eigenvalue weighted by molar-refractivity contribution is 7.25. The van der Waals surface area contributed by atoms with Gasteiger partial charge in [0.15, 0.2) is 0 Å². The van der Waals surface area contributed by atoms with E-state index in [1.807, 2.05) is 11.3 Å². The minimum Gasteiger partial charge on any atom is -0.310 e. The molecule has 0 bridgehead atoms. The van der Waals surface area contributed by atoms with E-state index >= 15 is 0 Å². The number of fused-ring (bicyclic) bond motifs is 4. The van der Waals surface area contributed by atoms with Crippen LogP contribution in [0.1, 0.15) is 0 Å². The number of nitrogens with zero attached hydrogens (tertiary/aromatic N) is 1. The molecule has 1 heterocycles. The standard InChI is InChI=1S/C58H39NS/c1-2-14-44(15-3-1)51-19-6-7-20-52(51)53-21-8-10-23-56(53)59(50-35-36-55-54-22-9-11-24-57(54)60-58(55)39-50)49-33-31-42(32-34-49)41-25-27-43(28-26-41)46-17-12-18-47(37-46)48-30-29-40-13-4-5-16-45(40)38-48/h1-39H. The van der Waals surface area contributed by atoms with Crippen LogP contribution in [0.25, 0.3) is 86.6 Å². The highest BCUT2D eigenvalue weighted by Gasteiger charge is 2.20. The summed E-state index contributed by atoms with van der Waals surface area (Å²) in [7, 11) is 0. The number of para-hydroxylation sites is 1. The largest absolute Gasteiger partial charge is 0.310 e. The van der Waals surface area contributed by atoms with Crippen LogP contribution in [0.4, 0.5) is 17.1 Å². The summed E-state index contributed by atoms with van der Waals surface area (Å²) in [5.74, 6) is 0. The summed E-state index contributed by atoms with van der Waals surface area (Å²) in [6, 6.07) is 86.1. The van der Waals surface area contributed by atoms with E-state index in [1.54, 1.807) is 0 Å². The summed E-state index contributed by atoms with van der Waals surface area (Å²) in [5.41, 5.74) is 15.4. The van der Waals surface area contributed by atoms with Crippen molar-refractivity contribution in [3.05, 3.63) is 237 Å². The third-order valence-electron chi connectivity index (χ3n) is 11.7. The maximum Gasteiger partial charge on any atom is 0.0540 e. The van der Waals surface area contributed by atoms with E-state index in [-0.39, 0.29) is 0 Å². The first-order valence-electron chi connectivity index (χ1n) is 20.5. The summed E-state index contributed by atoms with van der Waals surface area (Å²) in [6.45, 7) is 0. The Morgan fingerprint density at radius 2 is 0.800 bits per heavy atom. The number of thiophene rings is 1. The molecule has 0 radical (unpaired) electrons. The van der Waals surface area contributed by atoms with Gasteiger partial charge in [-0.2, -0.15) is 0 Å². The van der Waals surface area contributed by atoms with E-state index in [9.17, 15) is 0 Å². The number of benzene rings is 10. The van der Waals surface area contributed by atoms with Crippen LogP contribution in [0.2, 0.25) is 0 Å². The monoisotopic (exact) mass is 781 g/mol. The second kappa shape index (κ2) is 15.3. The Labute approximate surface area is 354 Å². The molecule has 282 valence electrons. The third kappa shape index (κ3) is 6.63. The Morgan fingerprint density at radius 3 is 1.60 bits per heavy atom. The number of rotatable bonds is 8. The molecule has 0 amide bonds. The predicted octanol–water partition coefficient (Wildman–Crippen LogP) is 17.0. The Hall–Kier alpha value is -7.52. The van der Waals surface area contributed by atoms with Crippen LogP contribution in [-0.4, -0.2) is 0 Å². The van der Waals surface area contributed by atoms with Crippen LogP contribution in [0.15, 0.2) is 237 Å². The van der Waals surface area contributed by atoms with Crippen molar-refractivity contribution in [3.8, 4) is 55.6 Å². The van der Waals surface area contributed by atoms with E-state index in [0.717, 1.165) is 17.1 Å². The number of anilines is 3. The molecule has 0 N–H and O–H groups in total. The molecule has 0 fully saturated rings. The smallest absolute Gasteiger partial charge is 0.0540 e. The molecule has 0 aliphatic carbocycles. The first kappa shape index (κ1) is 35.6. The van der Waals surface area contributed by atoms with Gasteiger partial charge >= 0.3 is 0 Å². The molecule has 0 unspecified atom stereocenters. The van der Waals surface area contributed by atoms with Gasteiger partial charge in [-0.25, -0.2) is 0 Å². The molecule has 0 saturated carbocycles. The van der Waals surface area contributed by atoms with Gasteiger partial charge in [0.1, 0.15) is 0 Å². The lowest BCUT2D eigenvalue weighted by molar-refractivity contribution is 1.29. The molecule has 0 spiro atoms. The molecule has 11 aromatic rings. The minimum absolute atomic E-state index is 1.10. The second-order valence-electron chi connectivity index (χ2n) is 15.3. The van der Waals surface area contributed by atoms with Crippen molar-refractivity contribution in [3.63, 3.8) is 0 Å². The van der Waals surface area contributed by atoms with E-state index in [4.69, 9.17) is 0 Å². The summed E-state index contributed by atoms with van der Waals surface area (Å²) in [5, 5.41) is 5.12. The second-order valence-corrected chi connectivity index (χ2v) is 16.4. The molecular weight excluding hydrogens is 743 g/mol. The van der Waals surface area contributed by atoms with Gasteiger partial charge in [0.2, 0.25) is 0 Å². The summed E-state index contributed by atoms with van der Waals surface area (Å²) in [6.07, 6.45) is 0. The molecule has 0 atom stereocenters. The topological polar surface area (TPSA) is 3.24 Å². The van der Waals surface area contributed by atoms with E-state index in [0.29, 0.717) is 0 Å². The van der Waals surface area contributed by atoms with E-state index in [2.05, 4.69) is 241 Å². The Balaban J connectivity index is 0.964. The van der Waals surface area contributed by atoms with Gasteiger partial charge in [-0.1, -0.05) is 188 Å². The van der Waals surface area contributed by atoms with Crippen LogP contribution in [0.3, 0.4) is 0 Å². The lowest BCUT2D eigenvalue weighted by Crippen LogP contribution is -2.11. The fourth-order valence-corrected chi connectivity index (χ4v) is 9.81. The Bertz CT molecular complexity index is 3310. The first-order valence-corrected chi connectivity index (χ1v) is 21.3. The van der Waals surface area contributed by atoms with Crippen molar-refractivity contribution in [1.29, 1.82) is 0 Å². The van der Waals surface area contributed by atoms with Gasteiger partial charge in [0, 0.05) is 37.1 Å². The van der Waals surface area contributed by atoms with Crippen LogP contribution >= 0.6 is 11.3 Å². The fourth-order valence-electron chi connectivity index (χ4n) is 8.67. The lowest BCUT2D eigenvalue weighted by Gasteiger charge is -2.28. The van der Waals surface area contributed by atoms with Gasteiger partial charge in [0.05, 0.1) is 5.69 Å². The van der Waals surface area contributed by atoms with Crippen molar-refractivity contribution in [2.75, 3.05) is 4.90 Å². The van der Waals surface area contributed by atoms with Crippen molar-refractivity contribution in [2.24, 2.45) is 0 Å². The highest BCUT2D eigenvalue weighted by Crippen LogP contribution is 2.46. The molecular formula is C58H39NS. The molecule has 0 saturated heterocycles. The quantitative estimate of drug-likeness (QED) is 0.148. The highest BCUT2D eigenvalue weighted by atomic mass is 32.1. The lowest BCUT2D eigenvalue weighted by atomic mass is 9.93. The van der Waals surface area contributed by atoms with Crippen LogP contribution < -0.4 is 4.90 Å². The van der Waals surface area contributed by atoms with Gasteiger partial charge in [-0.3, -0.25) is 0 Å². The average molecular weight is 782 g/mol. The van der Waals surface area contributed by atoms with Gasteiger partial charge in [-0.05, 0) is 109 Å². The first-order chi connectivity index (χ1) is 29.7. The maximum atomic E-state index is 2.43.